The summed E-state index contributed by atoms with van der Waals surface area (Å²) in [6.07, 6.45) is 8.13. The molecule has 25 heavy (non-hydrogen) atoms. The molecule has 1 fully saturated rings. The van der Waals surface area contributed by atoms with Gasteiger partial charge in [0.15, 0.2) is 0 Å². The molecule has 0 amide bonds. The van der Waals surface area contributed by atoms with Crippen LogP contribution in [0, 0.1) is 27.1 Å². The second-order valence-corrected chi connectivity index (χ2v) is 6.15. The molecule has 0 aromatic rings. The van der Waals surface area contributed by atoms with Crippen LogP contribution in [-0.4, -0.2) is 43.0 Å². The quantitative estimate of drug-likeness (QED) is 0.517. The average Bonchev–Trinajstić information content (AvgIpc) is 2.46. The van der Waals surface area contributed by atoms with Crippen LogP contribution in [0.25, 0.3) is 0 Å². The van der Waals surface area contributed by atoms with Crippen LogP contribution in [0.4, 0.5) is 0 Å². The highest BCUT2D eigenvalue weighted by Gasteiger charge is 2.41. The number of aliphatic imine (C=N–C) groups is 2. The maximum Gasteiger partial charge on any atom is 0.235 e. The molecule has 10 nitrogen and oxygen atoms in total. The van der Waals surface area contributed by atoms with Crippen molar-refractivity contribution in [3.8, 4) is 0 Å². The number of hydrogen-bond acceptors (Lipinski definition) is 10. The lowest BCUT2D eigenvalue weighted by Crippen LogP contribution is -2.39. The third-order valence-corrected chi connectivity index (χ3v) is 3.18. The van der Waals surface area contributed by atoms with Gasteiger partial charge in [0.25, 0.3) is 0 Å². The zero-order chi connectivity index (χ0) is 20.4. The minimum absolute atomic E-state index is 0.00750. The molecular formula is C15H21N5O5. The maximum absolute atomic E-state index is 10.3. The lowest BCUT2D eigenvalue weighted by atomic mass is 9.63. The first kappa shape index (κ1) is 26.8. The molecule has 0 saturated heterocycles. The topological polar surface area (TPSA) is 182 Å². The van der Waals surface area contributed by atoms with E-state index in [1.165, 1.54) is 0 Å². The Hall–Kier alpha value is -3.10. The Morgan fingerprint density at radius 1 is 0.880 bits per heavy atom. The van der Waals surface area contributed by atoms with Crippen molar-refractivity contribution >= 4 is 30.4 Å². The number of hydrogen-bond donors (Lipinski definition) is 3. The van der Waals surface area contributed by atoms with Crippen molar-refractivity contribution in [3.05, 3.63) is 0 Å². The first-order chi connectivity index (χ1) is 11.6. The summed E-state index contributed by atoms with van der Waals surface area (Å²) in [5.41, 5.74) is 0.0561. The van der Waals surface area contributed by atoms with Crippen molar-refractivity contribution in [2.75, 3.05) is 6.54 Å². The minimum Gasteiger partial charge on any atom is -0.222 e. The third kappa shape index (κ3) is 17.1. The number of rotatable bonds is 3. The van der Waals surface area contributed by atoms with Gasteiger partial charge in [-0.05, 0) is 30.1 Å². The monoisotopic (exact) mass is 351 g/mol. The SMILES string of the molecule is CC1(C)CC(N=C=O)CC(C)(CN=C=O)C1.N=C=O.N=C=O.N=C=O. The summed E-state index contributed by atoms with van der Waals surface area (Å²) in [5.74, 6) is 0. The first-order valence-electron chi connectivity index (χ1n) is 6.88. The fourth-order valence-electron chi connectivity index (χ4n) is 3.09. The van der Waals surface area contributed by atoms with Gasteiger partial charge in [0, 0.05) is 0 Å². The molecule has 1 rings (SSSR count). The molecule has 0 spiro atoms. The molecule has 2 atom stereocenters. The summed E-state index contributed by atoms with van der Waals surface area (Å²) in [4.78, 5) is 53.1. The van der Waals surface area contributed by atoms with E-state index in [0.717, 1.165) is 37.5 Å². The van der Waals surface area contributed by atoms with Crippen LogP contribution in [0.3, 0.4) is 0 Å². The summed E-state index contributed by atoms with van der Waals surface area (Å²) in [6, 6.07) is 0.00750. The lowest BCUT2D eigenvalue weighted by molar-refractivity contribution is 0.0915. The molecule has 1 saturated carbocycles. The van der Waals surface area contributed by atoms with Crippen LogP contribution < -0.4 is 0 Å². The van der Waals surface area contributed by atoms with Gasteiger partial charge >= 0.3 is 0 Å². The Kier molecular flexibility index (Phi) is 16.9. The summed E-state index contributed by atoms with van der Waals surface area (Å²) in [6.45, 7) is 6.86. The zero-order valence-corrected chi connectivity index (χ0v) is 14.3. The Morgan fingerprint density at radius 2 is 1.32 bits per heavy atom. The van der Waals surface area contributed by atoms with Crippen LogP contribution in [0.2, 0.25) is 0 Å². The van der Waals surface area contributed by atoms with Crippen molar-refractivity contribution in [2.24, 2.45) is 20.8 Å². The highest BCUT2D eigenvalue weighted by Crippen LogP contribution is 2.47. The predicted molar refractivity (Wildman–Crippen MR) is 85.9 cm³/mol. The number of carbonyl (C=O) groups excluding carboxylic acids is 5. The van der Waals surface area contributed by atoms with E-state index in [9.17, 15) is 9.59 Å². The summed E-state index contributed by atoms with van der Waals surface area (Å²) in [5, 5.41) is 16.2. The Bertz CT molecular complexity index is 559. The van der Waals surface area contributed by atoms with Gasteiger partial charge in [-0.2, -0.15) is 0 Å². The largest absolute Gasteiger partial charge is 0.235 e. The number of nitrogens with one attached hydrogen (secondary N) is 3. The van der Waals surface area contributed by atoms with Crippen molar-refractivity contribution in [2.45, 2.75) is 46.1 Å². The van der Waals surface area contributed by atoms with Crippen molar-refractivity contribution in [1.82, 2.24) is 0 Å². The Balaban J connectivity index is -0.000000451. The van der Waals surface area contributed by atoms with Gasteiger partial charge in [-0.3, -0.25) is 0 Å². The van der Waals surface area contributed by atoms with Crippen LogP contribution >= 0.6 is 0 Å². The van der Waals surface area contributed by atoms with Crippen LogP contribution in [0.15, 0.2) is 9.98 Å². The number of isocyanates is 5. The van der Waals surface area contributed by atoms with Gasteiger partial charge in [0.1, 0.15) is 0 Å². The van der Waals surface area contributed by atoms with E-state index in [0.29, 0.717) is 6.54 Å². The second-order valence-electron chi connectivity index (χ2n) is 6.15. The van der Waals surface area contributed by atoms with Gasteiger partial charge < -0.3 is 0 Å². The second kappa shape index (κ2) is 15.8. The smallest absolute Gasteiger partial charge is 0.222 e. The van der Waals surface area contributed by atoms with Crippen LogP contribution in [0.5, 0.6) is 0 Å². The summed E-state index contributed by atoms with van der Waals surface area (Å²) >= 11 is 0. The zero-order valence-electron chi connectivity index (χ0n) is 14.3. The van der Waals surface area contributed by atoms with E-state index in [-0.39, 0.29) is 16.9 Å². The summed E-state index contributed by atoms with van der Waals surface area (Å²) < 4.78 is 0. The van der Waals surface area contributed by atoms with E-state index in [1.807, 2.05) is 0 Å². The molecule has 0 aliphatic heterocycles. The summed E-state index contributed by atoms with van der Waals surface area (Å²) in [7, 11) is 0. The molecular weight excluding hydrogens is 330 g/mol. The van der Waals surface area contributed by atoms with Crippen LogP contribution in [0.1, 0.15) is 40.0 Å². The van der Waals surface area contributed by atoms with Gasteiger partial charge in [0.05, 0.1) is 12.6 Å². The molecule has 3 N–H and O–H groups in total. The molecule has 0 aromatic carbocycles. The molecule has 10 heteroatoms. The van der Waals surface area contributed by atoms with E-state index in [4.69, 9.17) is 30.6 Å². The van der Waals surface area contributed by atoms with Crippen LogP contribution in [-0.2, 0) is 24.0 Å². The predicted octanol–water partition coefficient (Wildman–Crippen LogP) is 1.95. The fraction of sp³-hybridized carbons (Fsp3) is 0.667. The molecule has 136 valence electrons. The van der Waals surface area contributed by atoms with Gasteiger partial charge in [-0.1, -0.05) is 20.8 Å². The molecule has 1 aliphatic carbocycles. The van der Waals surface area contributed by atoms with Gasteiger partial charge in [-0.25, -0.2) is 50.2 Å². The van der Waals surface area contributed by atoms with E-state index < -0.39 is 0 Å². The van der Waals surface area contributed by atoms with E-state index >= 15 is 0 Å². The lowest BCUT2D eigenvalue weighted by Gasteiger charge is -2.44. The highest BCUT2D eigenvalue weighted by atomic mass is 16.1. The molecule has 0 heterocycles. The van der Waals surface area contributed by atoms with Crippen molar-refractivity contribution < 1.29 is 24.0 Å². The molecule has 0 radical (unpaired) electrons. The standard InChI is InChI=1S/C12H18N2O2.3CHNO/c1-11(2)4-10(14-9-16)5-12(3,6-11)7-13-8-15;3*2-1-3/h10H,4-7H2,1-3H3;3*2H. The fourth-order valence-corrected chi connectivity index (χ4v) is 3.09. The number of nitrogens with zero attached hydrogens (tertiary/aromatic N) is 2. The maximum atomic E-state index is 10.3. The Labute approximate surface area is 145 Å². The van der Waals surface area contributed by atoms with Crippen molar-refractivity contribution in [1.29, 1.82) is 16.2 Å². The third-order valence-electron chi connectivity index (χ3n) is 3.18. The normalized spacial score (nSPS) is 21.6. The molecule has 0 aromatic heterocycles. The van der Waals surface area contributed by atoms with E-state index in [1.54, 1.807) is 12.2 Å². The minimum atomic E-state index is -0.0653. The molecule has 2 unspecified atom stereocenters. The average molecular weight is 351 g/mol. The van der Waals surface area contributed by atoms with Crippen molar-refractivity contribution in [3.63, 3.8) is 0 Å². The first-order valence-corrected chi connectivity index (χ1v) is 6.88. The Morgan fingerprint density at radius 3 is 1.68 bits per heavy atom. The van der Waals surface area contributed by atoms with Gasteiger partial charge in [0.2, 0.25) is 30.4 Å². The molecule has 1 aliphatic rings. The van der Waals surface area contributed by atoms with E-state index in [2.05, 4.69) is 30.8 Å². The highest BCUT2D eigenvalue weighted by molar-refractivity contribution is 5.34. The molecule has 0 bridgehead atoms. The van der Waals surface area contributed by atoms with Gasteiger partial charge in [-0.15, -0.1) is 0 Å².